The Morgan fingerprint density at radius 3 is 3.15 bits per heavy atom. The monoisotopic (exact) mass is 178 g/mol. The van der Waals surface area contributed by atoms with E-state index in [0.29, 0.717) is 0 Å². The number of aryl methyl sites for hydroxylation is 1. The Hall–Kier alpha value is -1.32. The summed E-state index contributed by atoms with van der Waals surface area (Å²) in [7, 11) is 0. The zero-order valence-electron chi connectivity index (χ0n) is 7.82. The van der Waals surface area contributed by atoms with Gasteiger partial charge < -0.3 is 5.32 Å². The number of rotatable bonds is 2. The molecule has 70 valence electrons. The molecule has 1 N–H and O–H groups in total. The third kappa shape index (κ3) is 1.88. The third-order valence-corrected chi connectivity index (χ3v) is 2.12. The van der Waals surface area contributed by atoms with Crippen molar-refractivity contribution >= 4 is 11.5 Å². The van der Waals surface area contributed by atoms with Crippen LogP contribution in [0, 0.1) is 0 Å². The van der Waals surface area contributed by atoms with Crippen LogP contribution in [-0.4, -0.2) is 22.2 Å². The zero-order valence-corrected chi connectivity index (χ0v) is 7.82. The number of nitrogens with zero attached hydrogens (tertiary/aromatic N) is 3. The first-order valence-corrected chi connectivity index (χ1v) is 4.71. The van der Waals surface area contributed by atoms with E-state index in [1.165, 1.54) is 6.42 Å². The quantitative estimate of drug-likeness (QED) is 0.745. The van der Waals surface area contributed by atoms with E-state index in [-0.39, 0.29) is 0 Å². The lowest BCUT2D eigenvalue weighted by Crippen LogP contribution is -2.07. The fourth-order valence-electron chi connectivity index (χ4n) is 1.41. The van der Waals surface area contributed by atoms with Gasteiger partial charge in [0.15, 0.2) is 0 Å². The second-order valence-corrected chi connectivity index (χ2v) is 3.14. The molecule has 4 heteroatoms. The molecule has 0 unspecified atom stereocenters. The Labute approximate surface area is 77.7 Å². The van der Waals surface area contributed by atoms with Crippen molar-refractivity contribution in [3.05, 3.63) is 12.4 Å². The molecule has 0 aliphatic carbocycles. The minimum Gasteiger partial charge on any atom is -0.342 e. The van der Waals surface area contributed by atoms with Crippen molar-refractivity contribution in [2.45, 2.75) is 26.3 Å². The van der Waals surface area contributed by atoms with Crippen molar-refractivity contribution < 1.29 is 0 Å². The van der Waals surface area contributed by atoms with E-state index in [1.807, 2.05) is 17.1 Å². The number of anilines is 1. The molecule has 4 nitrogen and oxygen atoms in total. The molecule has 0 saturated heterocycles. The predicted octanol–water partition coefficient (Wildman–Crippen LogP) is 1.51. The number of amidine groups is 1. The van der Waals surface area contributed by atoms with Crippen LogP contribution >= 0.6 is 0 Å². The molecular formula is C9H14N4. The Morgan fingerprint density at radius 1 is 1.62 bits per heavy atom. The van der Waals surface area contributed by atoms with E-state index in [0.717, 1.165) is 31.0 Å². The lowest BCUT2D eigenvalue weighted by molar-refractivity contribution is 0.660. The number of hydrogen-bond donors (Lipinski definition) is 1. The van der Waals surface area contributed by atoms with Crippen molar-refractivity contribution in [2.24, 2.45) is 4.99 Å². The molecule has 0 fully saturated rings. The van der Waals surface area contributed by atoms with E-state index < -0.39 is 0 Å². The Bertz CT molecular complexity index is 313. The van der Waals surface area contributed by atoms with Gasteiger partial charge >= 0.3 is 0 Å². The molecular weight excluding hydrogens is 164 g/mol. The maximum Gasteiger partial charge on any atom is 0.101 e. The van der Waals surface area contributed by atoms with E-state index in [9.17, 15) is 0 Å². The molecule has 0 atom stereocenters. The summed E-state index contributed by atoms with van der Waals surface area (Å²) in [6, 6.07) is 0. The molecule has 0 saturated carbocycles. The largest absolute Gasteiger partial charge is 0.342 e. The van der Waals surface area contributed by atoms with Crippen molar-refractivity contribution in [1.29, 1.82) is 0 Å². The maximum atomic E-state index is 4.33. The van der Waals surface area contributed by atoms with E-state index in [4.69, 9.17) is 0 Å². The summed E-state index contributed by atoms with van der Waals surface area (Å²) in [6.07, 6.45) is 6.08. The minimum absolute atomic E-state index is 0.911. The summed E-state index contributed by atoms with van der Waals surface area (Å²) in [6.45, 7) is 3.95. The Morgan fingerprint density at radius 2 is 2.54 bits per heavy atom. The summed E-state index contributed by atoms with van der Waals surface area (Å²) in [5.74, 6) is 1.09. The Kier molecular flexibility index (Phi) is 2.29. The maximum absolute atomic E-state index is 4.33. The molecule has 0 aromatic carbocycles. The van der Waals surface area contributed by atoms with Gasteiger partial charge in [-0.25, -0.2) is 0 Å². The molecule has 1 aromatic heterocycles. The molecule has 1 aromatic rings. The SMILES string of the molecule is CCn1cc(NC2=NCCC2)cn1. The summed E-state index contributed by atoms with van der Waals surface area (Å²) >= 11 is 0. The van der Waals surface area contributed by atoms with Gasteiger partial charge in [-0.15, -0.1) is 0 Å². The minimum atomic E-state index is 0.911. The van der Waals surface area contributed by atoms with Crippen LogP contribution in [0.3, 0.4) is 0 Å². The molecule has 0 radical (unpaired) electrons. The number of nitrogens with one attached hydrogen (secondary N) is 1. The van der Waals surface area contributed by atoms with Gasteiger partial charge in [0.25, 0.3) is 0 Å². The van der Waals surface area contributed by atoms with Crippen LogP contribution in [0.4, 0.5) is 5.69 Å². The van der Waals surface area contributed by atoms with Crippen LogP contribution in [0.15, 0.2) is 17.4 Å². The average Bonchev–Trinajstić information content (AvgIpc) is 2.76. The molecule has 2 heterocycles. The first-order valence-electron chi connectivity index (χ1n) is 4.71. The standard InChI is InChI=1S/C9H14N4/c1-2-13-7-8(6-11-13)12-9-4-3-5-10-9/h6-7H,2-5H2,1H3,(H,10,12). The highest BCUT2D eigenvalue weighted by molar-refractivity contribution is 5.96. The number of aliphatic imine (C=N–C) groups is 1. The predicted molar refractivity (Wildman–Crippen MR) is 53.1 cm³/mol. The molecule has 2 rings (SSSR count). The van der Waals surface area contributed by atoms with Crippen LogP contribution in [-0.2, 0) is 6.54 Å². The molecule has 0 spiro atoms. The van der Waals surface area contributed by atoms with Crippen molar-refractivity contribution in [1.82, 2.24) is 9.78 Å². The van der Waals surface area contributed by atoms with Gasteiger partial charge in [0.2, 0.25) is 0 Å². The molecule has 0 amide bonds. The van der Waals surface area contributed by atoms with E-state index >= 15 is 0 Å². The summed E-state index contributed by atoms with van der Waals surface area (Å²) in [4.78, 5) is 4.33. The summed E-state index contributed by atoms with van der Waals surface area (Å²) in [5, 5.41) is 7.44. The average molecular weight is 178 g/mol. The van der Waals surface area contributed by atoms with E-state index in [2.05, 4.69) is 22.3 Å². The van der Waals surface area contributed by atoms with Crippen molar-refractivity contribution in [3.8, 4) is 0 Å². The Balaban J connectivity index is 2.00. The second-order valence-electron chi connectivity index (χ2n) is 3.14. The fourth-order valence-corrected chi connectivity index (χ4v) is 1.41. The first kappa shape index (κ1) is 8.29. The third-order valence-electron chi connectivity index (χ3n) is 2.12. The second kappa shape index (κ2) is 3.60. The fraction of sp³-hybridized carbons (Fsp3) is 0.556. The highest BCUT2D eigenvalue weighted by Crippen LogP contribution is 2.09. The highest BCUT2D eigenvalue weighted by Gasteiger charge is 2.06. The van der Waals surface area contributed by atoms with Crippen LogP contribution in [0.2, 0.25) is 0 Å². The normalized spacial score (nSPS) is 15.9. The lowest BCUT2D eigenvalue weighted by Gasteiger charge is -2.00. The van der Waals surface area contributed by atoms with Gasteiger partial charge in [-0.1, -0.05) is 0 Å². The topological polar surface area (TPSA) is 42.2 Å². The van der Waals surface area contributed by atoms with Gasteiger partial charge in [0.05, 0.1) is 11.9 Å². The summed E-state index contributed by atoms with van der Waals surface area (Å²) in [5.41, 5.74) is 1.04. The number of aromatic nitrogens is 2. The smallest absolute Gasteiger partial charge is 0.101 e. The molecule has 0 bridgehead atoms. The van der Waals surface area contributed by atoms with Gasteiger partial charge in [0.1, 0.15) is 5.84 Å². The number of hydrogen-bond acceptors (Lipinski definition) is 3. The summed E-state index contributed by atoms with van der Waals surface area (Å²) < 4.78 is 1.90. The van der Waals surface area contributed by atoms with Crippen molar-refractivity contribution in [3.63, 3.8) is 0 Å². The van der Waals surface area contributed by atoms with Gasteiger partial charge in [-0.05, 0) is 13.3 Å². The zero-order chi connectivity index (χ0) is 9.10. The van der Waals surface area contributed by atoms with Crippen molar-refractivity contribution in [2.75, 3.05) is 11.9 Å². The van der Waals surface area contributed by atoms with E-state index in [1.54, 1.807) is 0 Å². The van der Waals surface area contributed by atoms with Gasteiger partial charge in [-0.2, -0.15) is 5.10 Å². The molecule has 1 aliphatic heterocycles. The van der Waals surface area contributed by atoms with Crippen LogP contribution in [0.1, 0.15) is 19.8 Å². The van der Waals surface area contributed by atoms with Gasteiger partial charge in [0, 0.05) is 25.7 Å². The highest BCUT2D eigenvalue weighted by atomic mass is 15.3. The lowest BCUT2D eigenvalue weighted by atomic mass is 10.3. The van der Waals surface area contributed by atoms with Crippen LogP contribution < -0.4 is 5.32 Å². The molecule has 1 aliphatic rings. The first-order chi connectivity index (χ1) is 6.38. The van der Waals surface area contributed by atoms with Crippen LogP contribution in [0.5, 0.6) is 0 Å². The molecule has 13 heavy (non-hydrogen) atoms. The van der Waals surface area contributed by atoms with Crippen LogP contribution in [0.25, 0.3) is 0 Å². The van der Waals surface area contributed by atoms with Gasteiger partial charge in [-0.3, -0.25) is 9.67 Å².